The van der Waals surface area contributed by atoms with E-state index in [1.165, 1.54) is 0 Å². The first-order valence-corrected chi connectivity index (χ1v) is 3.20. The van der Waals surface area contributed by atoms with Gasteiger partial charge in [-0.1, -0.05) is 0 Å². The van der Waals surface area contributed by atoms with Crippen molar-refractivity contribution in [3.8, 4) is 0 Å². The smallest absolute Gasteiger partial charge is 0.106 e. The van der Waals surface area contributed by atoms with Gasteiger partial charge in [-0.05, 0) is 19.3 Å². The van der Waals surface area contributed by atoms with Crippen LogP contribution in [0.3, 0.4) is 0 Å². The largest absolute Gasteiger partial charge is 0.394 e. The predicted octanol–water partition coefficient (Wildman–Crippen LogP) is -0.745. The molecule has 1 fully saturated rings. The lowest BCUT2D eigenvalue weighted by Crippen LogP contribution is -2.49. The normalized spacial score (nSPS) is 27.0. The third kappa shape index (κ3) is 1.08. The second-order valence-electron chi connectivity index (χ2n) is 2.66. The van der Waals surface area contributed by atoms with Gasteiger partial charge in [0.05, 0.1) is 12.2 Å². The van der Waals surface area contributed by atoms with E-state index in [-0.39, 0.29) is 6.61 Å². The summed E-state index contributed by atoms with van der Waals surface area (Å²) >= 11 is 0. The zero-order valence-corrected chi connectivity index (χ0v) is 5.25. The average Bonchev–Trinajstić information content (AvgIpc) is 1.81. The summed E-state index contributed by atoms with van der Waals surface area (Å²) in [5.41, 5.74) is -0.964. The van der Waals surface area contributed by atoms with E-state index in [9.17, 15) is 5.11 Å². The Kier molecular flexibility index (Phi) is 1.75. The van der Waals surface area contributed by atoms with Crippen LogP contribution in [-0.2, 0) is 0 Å². The molecule has 3 N–H and O–H groups in total. The molecule has 3 nitrogen and oxygen atoms in total. The molecule has 1 saturated carbocycles. The van der Waals surface area contributed by atoms with Gasteiger partial charge in [-0.2, -0.15) is 0 Å². The average molecular weight is 132 g/mol. The molecule has 0 aliphatic heterocycles. The van der Waals surface area contributed by atoms with Crippen LogP contribution >= 0.6 is 0 Å². The maximum Gasteiger partial charge on any atom is 0.106 e. The Morgan fingerprint density at radius 2 is 2.00 bits per heavy atom. The first kappa shape index (κ1) is 6.99. The monoisotopic (exact) mass is 132 g/mol. The van der Waals surface area contributed by atoms with Gasteiger partial charge in [-0.25, -0.2) is 0 Å². The van der Waals surface area contributed by atoms with E-state index in [1.54, 1.807) is 0 Å². The van der Waals surface area contributed by atoms with Gasteiger partial charge < -0.3 is 15.3 Å². The van der Waals surface area contributed by atoms with E-state index in [0.29, 0.717) is 12.8 Å². The summed E-state index contributed by atoms with van der Waals surface area (Å²) < 4.78 is 0. The van der Waals surface area contributed by atoms with E-state index in [0.717, 1.165) is 6.42 Å². The Hall–Kier alpha value is -0.120. The zero-order chi connectivity index (χ0) is 6.91. The third-order valence-electron chi connectivity index (χ3n) is 2.01. The summed E-state index contributed by atoms with van der Waals surface area (Å²) in [6.45, 7) is -0.337. The predicted molar refractivity (Wildman–Crippen MR) is 31.9 cm³/mol. The van der Waals surface area contributed by atoms with Gasteiger partial charge in [0.15, 0.2) is 0 Å². The molecule has 9 heavy (non-hydrogen) atoms. The minimum atomic E-state index is -0.964. The number of rotatable bonds is 2. The highest BCUT2D eigenvalue weighted by atomic mass is 16.4. The number of hydrogen-bond acceptors (Lipinski definition) is 3. The van der Waals surface area contributed by atoms with Crippen LogP contribution in [0, 0.1) is 0 Å². The van der Waals surface area contributed by atoms with Gasteiger partial charge in [0, 0.05) is 0 Å². The minimum Gasteiger partial charge on any atom is -0.394 e. The second kappa shape index (κ2) is 2.25. The molecule has 0 bridgehead atoms. The van der Waals surface area contributed by atoms with E-state index >= 15 is 0 Å². The number of hydrogen-bond donors (Lipinski definition) is 3. The molecular formula is C6H12O3. The number of aliphatic hydroxyl groups excluding tert-OH is 2. The number of aliphatic hydroxyl groups is 3. The van der Waals surface area contributed by atoms with Crippen LogP contribution < -0.4 is 0 Å². The van der Waals surface area contributed by atoms with Crippen molar-refractivity contribution >= 4 is 0 Å². The molecule has 1 rings (SSSR count). The summed E-state index contributed by atoms with van der Waals surface area (Å²) in [7, 11) is 0. The highest BCUT2D eigenvalue weighted by molar-refractivity contribution is 4.93. The fourth-order valence-electron chi connectivity index (χ4n) is 1.04. The van der Waals surface area contributed by atoms with Crippen LogP contribution in [0.2, 0.25) is 0 Å². The first-order valence-electron chi connectivity index (χ1n) is 3.20. The molecule has 1 unspecified atom stereocenters. The molecule has 1 aliphatic rings. The standard InChI is InChI=1S/C6H12O3/c7-4-5(8)6(9)2-1-3-6/h5,7-9H,1-4H2. The Labute approximate surface area is 53.9 Å². The SMILES string of the molecule is OCC(O)C1(O)CCC1. The van der Waals surface area contributed by atoms with Crippen molar-refractivity contribution in [1.29, 1.82) is 0 Å². The summed E-state index contributed by atoms with van der Waals surface area (Å²) in [6, 6.07) is 0. The molecule has 54 valence electrons. The summed E-state index contributed by atoms with van der Waals surface area (Å²) in [4.78, 5) is 0. The van der Waals surface area contributed by atoms with E-state index in [1.807, 2.05) is 0 Å². The Morgan fingerprint density at radius 1 is 1.44 bits per heavy atom. The van der Waals surface area contributed by atoms with Gasteiger partial charge in [-0.15, -0.1) is 0 Å². The van der Waals surface area contributed by atoms with E-state index < -0.39 is 11.7 Å². The van der Waals surface area contributed by atoms with Crippen LogP contribution in [0.15, 0.2) is 0 Å². The molecular weight excluding hydrogens is 120 g/mol. The quantitative estimate of drug-likeness (QED) is 0.463. The first-order chi connectivity index (χ1) is 4.19. The second-order valence-corrected chi connectivity index (χ2v) is 2.66. The lowest BCUT2D eigenvalue weighted by Gasteiger charge is -2.39. The van der Waals surface area contributed by atoms with Crippen LogP contribution in [0.25, 0.3) is 0 Å². The van der Waals surface area contributed by atoms with E-state index in [4.69, 9.17) is 10.2 Å². The molecule has 1 atom stereocenters. The van der Waals surface area contributed by atoms with Gasteiger partial charge >= 0.3 is 0 Å². The third-order valence-corrected chi connectivity index (χ3v) is 2.01. The van der Waals surface area contributed by atoms with Crippen LogP contribution in [0.5, 0.6) is 0 Å². The van der Waals surface area contributed by atoms with Crippen LogP contribution in [0.4, 0.5) is 0 Å². The highest BCUT2D eigenvalue weighted by Crippen LogP contribution is 2.34. The molecule has 0 saturated heterocycles. The Morgan fingerprint density at radius 3 is 2.11 bits per heavy atom. The van der Waals surface area contributed by atoms with Gasteiger partial charge in [-0.3, -0.25) is 0 Å². The molecule has 0 amide bonds. The zero-order valence-electron chi connectivity index (χ0n) is 5.25. The molecule has 0 spiro atoms. The topological polar surface area (TPSA) is 60.7 Å². The van der Waals surface area contributed by atoms with Gasteiger partial charge in [0.2, 0.25) is 0 Å². The molecule has 0 radical (unpaired) electrons. The summed E-state index contributed by atoms with van der Waals surface area (Å²) in [5, 5.41) is 26.6. The van der Waals surface area contributed by atoms with Crippen molar-refractivity contribution in [3.05, 3.63) is 0 Å². The molecule has 0 aromatic carbocycles. The molecule has 0 aromatic heterocycles. The van der Waals surface area contributed by atoms with Crippen LogP contribution in [0.1, 0.15) is 19.3 Å². The Bertz CT molecular complexity index is 98.5. The van der Waals surface area contributed by atoms with E-state index in [2.05, 4.69) is 0 Å². The van der Waals surface area contributed by atoms with Crippen LogP contribution in [-0.4, -0.2) is 33.6 Å². The van der Waals surface area contributed by atoms with Crippen molar-refractivity contribution in [2.45, 2.75) is 31.0 Å². The van der Waals surface area contributed by atoms with Crippen molar-refractivity contribution in [1.82, 2.24) is 0 Å². The summed E-state index contributed by atoms with van der Waals surface area (Å²) in [5.74, 6) is 0. The maximum atomic E-state index is 9.27. The lowest BCUT2D eigenvalue weighted by atomic mass is 9.76. The van der Waals surface area contributed by atoms with Gasteiger partial charge in [0.25, 0.3) is 0 Å². The molecule has 0 heterocycles. The summed E-state index contributed by atoms with van der Waals surface area (Å²) in [6.07, 6.45) is 1.25. The van der Waals surface area contributed by atoms with Crippen molar-refractivity contribution in [2.24, 2.45) is 0 Å². The van der Waals surface area contributed by atoms with Crippen molar-refractivity contribution in [2.75, 3.05) is 6.61 Å². The molecule has 0 aromatic rings. The molecule has 1 aliphatic carbocycles. The Balaban J connectivity index is 2.38. The van der Waals surface area contributed by atoms with Crippen molar-refractivity contribution in [3.63, 3.8) is 0 Å². The lowest BCUT2D eigenvalue weighted by molar-refractivity contribution is -0.139. The fraction of sp³-hybridized carbons (Fsp3) is 1.00. The highest BCUT2D eigenvalue weighted by Gasteiger charge is 2.40. The molecule has 3 heteroatoms. The van der Waals surface area contributed by atoms with Gasteiger partial charge in [0.1, 0.15) is 6.10 Å². The minimum absolute atomic E-state index is 0.337. The fourth-order valence-corrected chi connectivity index (χ4v) is 1.04. The maximum absolute atomic E-state index is 9.27. The van der Waals surface area contributed by atoms with Crippen molar-refractivity contribution < 1.29 is 15.3 Å².